The fourth-order valence-corrected chi connectivity index (χ4v) is 5.81. The van der Waals surface area contributed by atoms with Crippen molar-refractivity contribution in [1.82, 2.24) is 10.2 Å². The minimum Gasteiger partial charge on any atom is -0.495 e. The van der Waals surface area contributed by atoms with E-state index >= 15 is 0 Å². The normalized spacial score (nSPS) is 11.9. The van der Waals surface area contributed by atoms with Crippen LogP contribution in [-0.2, 0) is 26.2 Å². The van der Waals surface area contributed by atoms with Gasteiger partial charge in [-0.2, -0.15) is 0 Å². The molecule has 1 atom stereocenters. The Bertz CT molecular complexity index is 1370. The van der Waals surface area contributed by atoms with E-state index in [0.717, 1.165) is 10.7 Å². The van der Waals surface area contributed by atoms with Crippen molar-refractivity contribution in [3.05, 3.63) is 89.4 Å². The zero-order valence-electron chi connectivity index (χ0n) is 22.3. The van der Waals surface area contributed by atoms with Gasteiger partial charge in [0.2, 0.25) is 11.8 Å². The molecule has 3 aromatic rings. The number of halogens is 1. The summed E-state index contributed by atoms with van der Waals surface area (Å²) in [7, 11) is -2.75. The van der Waals surface area contributed by atoms with Crippen LogP contribution in [0.5, 0.6) is 5.75 Å². The topological polar surface area (TPSA) is 96.0 Å². The summed E-state index contributed by atoms with van der Waals surface area (Å²) in [5, 5.41) is 3.30. The second-order valence-electron chi connectivity index (χ2n) is 8.82. The number of para-hydroxylation sites is 2. The molecule has 3 aromatic carbocycles. The zero-order valence-corrected chi connectivity index (χ0v) is 23.9. The number of ether oxygens (including phenoxy) is 1. The molecule has 0 heterocycles. The van der Waals surface area contributed by atoms with Crippen molar-refractivity contribution in [2.75, 3.05) is 24.5 Å². The first-order valence-corrected chi connectivity index (χ1v) is 14.6. The number of sulfonamides is 1. The Labute approximate surface area is 235 Å². The summed E-state index contributed by atoms with van der Waals surface area (Å²) in [5.41, 5.74) is 0.849. The fourth-order valence-electron chi connectivity index (χ4n) is 4.16. The monoisotopic (exact) mass is 571 g/mol. The Hall–Kier alpha value is -3.56. The number of rotatable bonds is 13. The minimum absolute atomic E-state index is 0.0223. The van der Waals surface area contributed by atoms with Crippen molar-refractivity contribution in [1.29, 1.82) is 0 Å². The average molecular weight is 572 g/mol. The lowest BCUT2D eigenvalue weighted by molar-refractivity contribution is -0.140. The first kappa shape index (κ1) is 30.0. The number of nitrogens with zero attached hydrogens (tertiary/aromatic N) is 2. The second-order valence-corrected chi connectivity index (χ2v) is 11.1. The lowest BCUT2D eigenvalue weighted by atomic mass is 10.1. The van der Waals surface area contributed by atoms with Crippen molar-refractivity contribution >= 4 is 39.1 Å². The van der Waals surface area contributed by atoms with Crippen molar-refractivity contribution < 1.29 is 22.7 Å². The van der Waals surface area contributed by atoms with E-state index in [4.69, 9.17) is 16.3 Å². The predicted octanol–water partition coefficient (Wildman–Crippen LogP) is 4.88. The lowest BCUT2D eigenvalue weighted by Crippen LogP contribution is -2.52. The molecule has 0 spiro atoms. The number of carbonyl (C=O) groups is 2. The smallest absolute Gasteiger partial charge is 0.264 e. The van der Waals surface area contributed by atoms with Gasteiger partial charge in [0.1, 0.15) is 18.3 Å². The number of carbonyl (C=O) groups excluding carboxylic acids is 2. The molecule has 0 aromatic heterocycles. The molecule has 0 saturated carbocycles. The van der Waals surface area contributed by atoms with Gasteiger partial charge in [0.05, 0.1) is 17.7 Å². The van der Waals surface area contributed by atoms with E-state index in [1.54, 1.807) is 66.7 Å². The van der Waals surface area contributed by atoms with Crippen LogP contribution in [-0.4, -0.2) is 51.4 Å². The van der Waals surface area contributed by atoms with Crippen LogP contribution < -0.4 is 14.4 Å². The van der Waals surface area contributed by atoms with Crippen LogP contribution in [0.25, 0.3) is 0 Å². The highest BCUT2D eigenvalue weighted by molar-refractivity contribution is 7.92. The number of methoxy groups -OCH3 is 1. The van der Waals surface area contributed by atoms with Gasteiger partial charge in [0.15, 0.2) is 0 Å². The van der Waals surface area contributed by atoms with Crippen LogP contribution in [0.3, 0.4) is 0 Å². The number of amides is 2. The third-order valence-corrected chi connectivity index (χ3v) is 8.34. The molecule has 0 saturated heterocycles. The highest BCUT2D eigenvalue weighted by Gasteiger charge is 2.34. The van der Waals surface area contributed by atoms with E-state index in [1.165, 1.54) is 24.1 Å². The maximum atomic E-state index is 14.1. The lowest BCUT2D eigenvalue weighted by Gasteiger charge is -2.33. The Morgan fingerprint density at radius 3 is 2.23 bits per heavy atom. The van der Waals surface area contributed by atoms with E-state index in [9.17, 15) is 18.0 Å². The van der Waals surface area contributed by atoms with Gasteiger partial charge in [-0.1, -0.05) is 74.0 Å². The molecule has 1 unspecified atom stereocenters. The van der Waals surface area contributed by atoms with E-state index in [1.807, 2.05) is 13.8 Å². The largest absolute Gasteiger partial charge is 0.495 e. The van der Waals surface area contributed by atoms with Crippen LogP contribution in [0.15, 0.2) is 83.8 Å². The minimum atomic E-state index is -4.18. The molecule has 10 heteroatoms. The van der Waals surface area contributed by atoms with Gasteiger partial charge in [0.25, 0.3) is 10.0 Å². The Kier molecular flexibility index (Phi) is 10.8. The molecule has 1 N–H and O–H groups in total. The fraction of sp³-hybridized carbons (Fsp3) is 0.310. The molecule has 3 rings (SSSR count). The quantitative estimate of drug-likeness (QED) is 0.315. The predicted molar refractivity (Wildman–Crippen MR) is 153 cm³/mol. The van der Waals surface area contributed by atoms with Crippen LogP contribution in [0.4, 0.5) is 5.69 Å². The Balaban J connectivity index is 2.09. The van der Waals surface area contributed by atoms with Crippen LogP contribution >= 0.6 is 11.6 Å². The van der Waals surface area contributed by atoms with E-state index in [0.29, 0.717) is 23.6 Å². The van der Waals surface area contributed by atoms with E-state index < -0.39 is 28.5 Å². The number of benzene rings is 3. The summed E-state index contributed by atoms with van der Waals surface area (Å²) in [4.78, 5) is 28.6. The summed E-state index contributed by atoms with van der Waals surface area (Å²) in [5.74, 6) is -0.580. The van der Waals surface area contributed by atoms with Crippen molar-refractivity contribution in [3.63, 3.8) is 0 Å². The molecule has 0 radical (unpaired) electrons. The Morgan fingerprint density at radius 2 is 1.59 bits per heavy atom. The summed E-state index contributed by atoms with van der Waals surface area (Å²) in [6.07, 6.45) is 1.06. The highest BCUT2D eigenvalue weighted by Crippen LogP contribution is 2.32. The van der Waals surface area contributed by atoms with Gasteiger partial charge in [-0.3, -0.25) is 13.9 Å². The van der Waals surface area contributed by atoms with Crippen molar-refractivity contribution in [3.8, 4) is 5.75 Å². The SMILES string of the molecule is CCCNC(=O)C(CC)N(Cc1ccccc1Cl)C(=O)CN(c1ccccc1OC)S(=O)(=O)c1ccccc1. The zero-order chi connectivity index (χ0) is 28.4. The van der Waals surface area contributed by atoms with E-state index in [2.05, 4.69) is 5.32 Å². The van der Waals surface area contributed by atoms with Crippen molar-refractivity contribution in [2.24, 2.45) is 0 Å². The molecular formula is C29H34ClN3O5S. The molecule has 0 aliphatic carbocycles. The number of anilines is 1. The van der Waals surface area contributed by atoms with Gasteiger partial charge >= 0.3 is 0 Å². The average Bonchev–Trinajstić information content (AvgIpc) is 2.95. The first-order valence-electron chi connectivity index (χ1n) is 12.8. The molecule has 0 aliphatic rings. The maximum Gasteiger partial charge on any atom is 0.264 e. The molecule has 2 amide bonds. The van der Waals surface area contributed by atoms with Crippen LogP contribution in [0.2, 0.25) is 5.02 Å². The van der Waals surface area contributed by atoms with Gasteiger partial charge in [-0.05, 0) is 48.7 Å². The number of hydrogen-bond donors (Lipinski definition) is 1. The third kappa shape index (κ3) is 7.30. The molecule has 8 nitrogen and oxygen atoms in total. The summed E-state index contributed by atoms with van der Waals surface area (Å²) >= 11 is 6.42. The standard InChI is InChI=1S/C29H34ClN3O5S/c1-4-19-31-29(35)25(5-2)32(20-22-13-9-10-16-24(22)30)28(34)21-33(26-17-11-12-18-27(26)38-3)39(36,37)23-14-7-6-8-15-23/h6-18,25H,4-5,19-21H2,1-3H3,(H,31,35). The van der Waals surface area contributed by atoms with Gasteiger partial charge in [-0.25, -0.2) is 8.42 Å². The summed E-state index contributed by atoms with van der Waals surface area (Å²) in [6.45, 7) is 3.68. The molecule has 0 bridgehead atoms. The first-order chi connectivity index (χ1) is 18.7. The van der Waals surface area contributed by atoms with Gasteiger partial charge in [0, 0.05) is 18.1 Å². The van der Waals surface area contributed by atoms with Crippen LogP contribution in [0.1, 0.15) is 32.3 Å². The second kappa shape index (κ2) is 14.0. The molecular weight excluding hydrogens is 538 g/mol. The van der Waals surface area contributed by atoms with E-state index in [-0.39, 0.29) is 28.8 Å². The molecule has 39 heavy (non-hydrogen) atoms. The summed E-state index contributed by atoms with van der Waals surface area (Å²) in [6, 6.07) is 20.7. The number of hydrogen-bond acceptors (Lipinski definition) is 5. The maximum absolute atomic E-state index is 14.1. The van der Waals surface area contributed by atoms with Crippen LogP contribution in [0, 0.1) is 0 Å². The summed E-state index contributed by atoms with van der Waals surface area (Å²) < 4.78 is 34.2. The third-order valence-electron chi connectivity index (χ3n) is 6.20. The molecule has 208 valence electrons. The Morgan fingerprint density at radius 1 is 0.949 bits per heavy atom. The molecule has 0 fully saturated rings. The number of nitrogens with one attached hydrogen (secondary N) is 1. The van der Waals surface area contributed by atoms with Gasteiger partial charge in [-0.15, -0.1) is 0 Å². The molecule has 0 aliphatic heterocycles. The van der Waals surface area contributed by atoms with Crippen molar-refractivity contribution in [2.45, 2.75) is 44.2 Å². The van der Waals surface area contributed by atoms with Gasteiger partial charge < -0.3 is 15.0 Å². The highest BCUT2D eigenvalue weighted by atomic mass is 35.5.